The molecule has 2 heterocycles. The lowest BCUT2D eigenvalue weighted by atomic mass is 10.1. The van der Waals surface area contributed by atoms with Crippen LogP contribution in [0.4, 0.5) is 0 Å². The number of ether oxygens (including phenoxy) is 2. The topological polar surface area (TPSA) is 110 Å². The van der Waals surface area contributed by atoms with Gasteiger partial charge in [-0.1, -0.05) is 19.4 Å². The molecule has 27 heavy (non-hydrogen) atoms. The van der Waals surface area contributed by atoms with Crippen molar-refractivity contribution in [1.82, 2.24) is 15.6 Å². The summed E-state index contributed by atoms with van der Waals surface area (Å²) in [5.74, 6) is -0.733. The van der Waals surface area contributed by atoms with E-state index in [1.54, 1.807) is 13.1 Å². The van der Waals surface area contributed by atoms with Crippen LogP contribution in [0.3, 0.4) is 0 Å². The molecule has 1 aliphatic heterocycles. The molecule has 1 aromatic heterocycles. The second-order valence-corrected chi connectivity index (χ2v) is 6.42. The number of rotatable bonds is 12. The van der Waals surface area contributed by atoms with Crippen LogP contribution in [0.2, 0.25) is 0 Å². The van der Waals surface area contributed by atoms with Gasteiger partial charge in [0, 0.05) is 31.5 Å². The van der Waals surface area contributed by atoms with Crippen molar-refractivity contribution in [3.05, 3.63) is 30.1 Å². The van der Waals surface area contributed by atoms with Gasteiger partial charge in [-0.2, -0.15) is 0 Å². The van der Waals surface area contributed by atoms with Crippen LogP contribution in [0.1, 0.15) is 32.4 Å². The largest absolute Gasteiger partial charge is 0.378 e. The van der Waals surface area contributed by atoms with Crippen molar-refractivity contribution in [3.8, 4) is 0 Å². The van der Waals surface area contributed by atoms with Crippen LogP contribution >= 0.6 is 0 Å². The fraction of sp³-hybridized carbons (Fsp3) is 0.579. The summed E-state index contributed by atoms with van der Waals surface area (Å²) in [6, 6.07) is 4.94. The average Bonchev–Trinajstić information content (AvgIpc) is 3.42. The first-order valence-corrected chi connectivity index (χ1v) is 9.26. The summed E-state index contributed by atoms with van der Waals surface area (Å²) >= 11 is 0. The van der Waals surface area contributed by atoms with Crippen molar-refractivity contribution in [2.75, 3.05) is 19.8 Å². The quantitative estimate of drug-likeness (QED) is 0.403. The second-order valence-electron chi connectivity index (χ2n) is 6.42. The molecular formula is C19H27N3O5. The summed E-state index contributed by atoms with van der Waals surface area (Å²) in [5.41, 5.74) is -0.348. The number of aldehydes is 1. The van der Waals surface area contributed by atoms with Gasteiger partial charge in [-0.3, -0.25) is 19.4 Å². The molecule has 1 fully saturated rings. The molecule has 1 aromatic rings. The minimum atomic E-state index is -1.23. The van der Waals surface area contributed by atoms with Crippen molar-refractivity contribution in [1.29, 1.82) is 0 Å². The number of aromatic nitrogens is 1. The Hall–Kier alpha value is -2.32. The van der Waals surface area contributed by atoms with E-state index in [1.165, 1.54) is 0 Å². The van der Waals surface area contributed by atoms with Gasteiger partial charge < -0.3 is 20.1 Å². The number of nitrogens with zero attached hydrogens (tertiary/aromatic N) is 1. The van der Waals surface area contributed by atoms with Gasteiger partial charge in [0.05, 0.1) is 6.61 Å². The predicted octanol–water partition coefficient (Wildman–Crippen LogP) is 0.398. The molecule has 3 atom stereocenters. The summed E-state index contributed by atoms with van der Waals surface area (Å²) in [6.45, 7) is 4.60. The van der Waals surface area contributed by atoms with Crippen LogP contribution in [-0.2, 0) is 30.3 Å². The predicted molar refractivity (Wildman–Crippen MR) is 98.0 cm³/mol. The summed E-state index contributed by atoms with van der Waals surface area (Å²) in [5, 5.41) is 5.51. The zero-order valence-electron chi connectivity index (χ0n) is 15.8. The molecule has 8 nitrogen and oxygen atoms in total. The monoisotopic (exact) mass is 377 g/mol. The van der Waals surface area contributed by atoms with Crippen molar-refractivity contribution in [2.24, 2.45) is 0 Å². The van der Waals surface area contributed by atoms with Gasteiger partial charge >= 0.3 is 0 Å². The number of carbonyl (C=O) groups is 3. The maximum absolute atomic E-state index is 12.4. The van der Waals surface area contributed by atoms with Crippen LogP contribution in [0.15, 0.2) is 24.4 Å². The molecule has 0 saturated carbocycles. The van der Waals surface area contributed by atoms with Gasteiger partial charge in [-0.05, 0) is 25.5 Å². The number of amides is 2. The molecule has 0 radical (unpaired) electrons. The number of hydrogen-bond acceptors (Lipinski definition) is 6. The first-order chi connectivity index (χ1) is 13.1. The Kier molecular flexibility index (Phi) is 7.87. The third kappa shape index (κ3) is 5.83. The van der Waals surface area contributed by atoms with Gasteiger partial charge in [0.1, 0.15) is 6.04 Å². The molecule has 0 bridgehead atoms. The molecule has 2 amide bonds. The Balaban J connectivity index is 1.84. The fourth-order valence-corrected chi connectivity index (χ4v) is 2.74. The zero-order chi connectivity index (χ0) is 19.7. The van der Waals surface area contributed by atoms with E-state index in [0.29, 0.717) is 32.3 Å². The molecule has 1 saturated heterocycles. The Morgan fingerprint density at radius 2 is 2.22 bits per heavy atom. The van der Waals surface area contributed by atoms with Crippen molar-refractivity contribution in [3.63, 3.8) is 0 Å². The minimum absolute atomic E-state index is 0.0276. The Morgan fingerprint density at radius 1 is 1.41 bits per heavy atom. The SMILES string of the molecule is CCC[C@H](NC(=O)[C@@H]1OC1(C=O)COCC)C(=O)NCCc1ccccn1. The minimum Gasteiger partial charge on any atom is -0.378 e. The van der Waals surface area contributed by atoms with Crippen LogP contribution in [-0.4, -0.2) is 60.6 Å². The van der Waals surface area contributed by atoms with Gasteiger partial charge in [-0.15, -0.1) is 0 Å². The van der Waals surface area contributed by atoms with Gasteiger partial charge in [0.2, 0.25) is 5.91 Å². The maximum Gasteiger partial charge on any atom is 0.253 e. The lowest BCUT2D eigenvalue weighted by molar-refractivity contribution is -0.129. The molecule has 1 unspecified atom stereocenters. The fourth-order valence-electron chi connectivity index (χ4n) is 2.74. The third-order valence-electron chi connectivity index (χ3n) is 4.31. The van der Waals surface area contributed by atoms with Gasteiger partial charge in [0.25, 0.3) is 5.91 Å². The number of nitrogens with one attached hydrogen (secondary N) is 2. The van der Waals surface area contributed by atoms with E-state index in [9.17, 15) is 14.4 Å². The van der Waals surface area contributed by atoms with E-state index in [2.05, 4.69) is 15.6 Å². The molecule has 0 aromatic carbocycles. The van der Waals surface area contributed by atoms with Gasteiger partial charge in [-0.25, -0.2) is 0 Å². The lowest BCUT2D eigenvalue weighted by Gasteiger charge is -2.17. The summed E-state index contributed by atoms with van der Waals surface area (Å²) in [4.78, 5) is 40.3. The highest BCUT2D eigenvalue weighted by molar-refractivity contribution is 5.94. The summed E-state index contributed by atoms with van der Waals surface area (Å²) in [7, 11) is 0. The molecule has 8 heteroatoms. The van der Waals surface area contributed by atoms with Gasteiger partial charge in [0.15, 0.2) is 18.0 Å². The van der Waals surface area contributed by atoms with Crippen molar-refractivity contribution >= 4 is 18.1 Å². The van der Waals surface area contributed by atoms with E-state index < -0.39 is 23.7 Å². The molecule has 0 aliphatic carbocycles. The van der Waals surface area contributed by atoms with E-state index in [0.717, 1.165) is 12.1 Å². The first kappa shape index (κ1) is 21.0. The Labute approximate surface area is 159 Å². The summed E-state index contributed by atoms with van der Waals surface area (Å²) < 4.78 is 10.5. The molecular weight excluding hydrogens is 350 g/mol. The highest BCUT2D eigenvalue weighted by Gasteiger charge is 2.61. The van der Waals surface area contributed by atoms with Crippen LogP contribution in [0.25, 0.3) is 0 Å². The second kappa shape index (κ2) is 10.1. The van der Waals surface area contributed by atoms with Crippen LogP contribution in [0, 0.1) is 0 Å². The van der Waals surface area contributed by atoms with Crippen LogP contribution < -0.4 is 10.6 Å². The van der Waals surface area contributed by atoms with Crippen molar-refractivity contribution < 1.29 is 23.9 Å². The molecule has 148 valence electrons. The third-order valence-corrected chi connectivity index (χ3v) is 4.31. The number of epoxide rings is 1. The van der Waals surface area contributed by atoms with E-state index >= 15 is 0 Å². The maximum atomic E-state index is 12.4. The normalized spacial score (nSPS) is 21.9. The van der Waals surface area contributed by atoms with E-state index in [1.807, 2.05) is 25.1 Å². The zero-order valence-corrected chi connectivity index (χ0v) is 15.8. The number of hydrogen-bond donors (Lipinski definition) is 2. The Bertz CT molecular complexity index is 639. The highest BCUT2D eigenvalue weighted by atomic mass is 16.6. The van der Waals surface area contributed by atoms with Crippen molar-refractivity contribution in [2.45, 2.75) is 50.9 Å². The lowest BCUT2D eigenvalue weighted by Crippen LogP contribution is -2.49. The Morgan fingerprint density at radius 3 is 2.85 bits per heavy atom. The first-order valence-electron chi connectivity index (χ1n) is 9.26. The molecule has 1 aliphatic rings. The molecule has 2 rings (SSSR count). The highest BCUT2D eigenvalue weighted by Crippen LogP contribution is 2.35. The summed E-state index contributed by atoms with van der Waals surface area (Å²) in [6.07, 6.45) is 3.20. The van der Waals surface area contributed by atoms with E-state index in [-0.39, 0.29) is 12.5 Å². The number of pyridine rings is 1. The van der Waals surface area contributed by atoms with Crippen LogP contribution in [0.5, 0.6) is 0 Å². The molecule has 2 N–H and O–H groups in total. The average molecular weight is 377 g/mol. The van der Waals surface area contributed by atoms with E-state index in [4.69, 9.17) is 9.47 Å². The molecule has 0 spiro atoms. The standard InChI is InChI=1S/C19H27N3O5/c1-3-7-15(17(24)21-11-9-14-8-5-6-10-20-14)22-18(25)16-19(12-23,27-16)13-26-4-2/h5-6,8,10,12,15-16H,3-4,7,9,11,13H2,1-2H3,(H,21,24)(H,22,25)/t15-,16-,19?/m0/s1. The smallest absolute Gasteiger partial charge is 0.253 e. The number of carbonyl (C=O) groups excluding carboxylic acids is 3.